The van der Waals surface area contributed by atoms with Gasteiger partial charge in [-0.2, -0.15) is 0 Å². The van der Waals surface area contributed by atoms with E-state index < -0.39 is 0 Å². The fourth-order valence-electron chi connectivity index (χ4n) is 1.56. The molecule has 1 aromatic heterocycles. The summed E-state index contributed by atoms with van der Waals surface area (Å²) in [6, 6.07) is 1.88. The van der Waals surface area contributed by atoms with Crippen molar-refractivity contribution in [3.63, 3.8) is 0 Å². The summed E-state index contributed by atoms with van der Waals surface area (Å²) in [5.74, 6) is 2.46. The van der Waals surface area contributed by atoms with E-state index in [0.29, 0.717) is 31.9 Å². The minimum absolute atomic E-state index is 0.177. The molecule has 0 aliphatic heterocycles. The summed E-state index contributed by atoms with van der Waals surface area (Å²) in [5.41, 5.74) is 0. The Kier molecular flexibility index (Phi) is 6.21. The van der Waals surface area contributed by atoms with Crippen LogP contribution in [0.3, 0.4) is 0 Å². The maximum Gasteiger partial charge on any atom is 0.134 e. The summed E-state index contributed by atoms with van der Waals surface area (Å²) < 4.78 is 4.98. The van der Waals surface area contributed by atoms with Crippen LogP contribution in [0.2, 0.25) is 0 Å². The zero-order valence-corrected chi connectivity index (χ0v) is 12.1. The first-order valence-electron chi connectivity index (χ1n) is 6.32. The molecule has 1 aromatic rings. The third-order valence-corrected chi connectivity index (χ3v) is 2.63. The summed E-state index contributed by atoms with van der Waals surface area (Å²) >= 11 is 0. The molecule has 106 valence electrons. The summed E-state index contributed by atoms with van der Waals surface area (Å²) in [6.45, 7) is 5.42. The zero-order valence-electron chi connectivity index (χ0n) is 12.1. The Morgan fingerprint density at radius 3 is 2.84 bits per heavy atom. The second-order valence-electron chi connectivity index (χ2n) is 4.45. The van der Waals surface area contributed by atoms with Gasteiger partial charge in [0, 0.05) is 39.7 Å². The van der Waals surface area contributed by atoms with Gasteiger partial charge in [-0.3, -0.25) is 4.79 Å². The van der Waals surface area contributed by atoms with Gasteiger partial charge in [0.15, 0.2) is 0 Å². The minimum Gasteiger partial charge on any atom is -0.383 e. The van der Waals surface area contributed by atoms with E-state index in [4.69, 9.17) is 4.74 Å². The quantitative estimate of drug-likeness (QED) is 0.714. The fourth-order valence-corrected chi connectivity index (χ4v) is 1.56. The molecule has 6 heteroatoms. The van der Waals surface area contributed by atoms with E-state index in [-0.39, 0.29) is 5.78 Å². The average Bonchev–Trinajstić information content (AvgIpc) is 2.35. The van der Waals surface area contributed by atoms with E-state index in [1.54, 1.807) is 14.0 Å². The number of aromatic nitrogens is 2. The van der Waals surface area contributed by atoms with Gasteiger partial charge in [0.25, 0.3) is 0 Å². The molecule has 0 amide bonds. The lowest BCUT2D eigenvalue weighted by Gasteiger charge is -2.18. The molecule has 0 unspecified atom stereocenters. The number of Topliss-reactive ketones (excluding diaryl/α,β-unsaturated/α-hetero) is 1. The first-order valence-corrected chi connectivity index (χ1v) is 6.32. The third kappa shape index (κ3) is 5.65. The zero-order chi connectivity index (χ0) is 14.3. The van der Waals surface area contributed by atoms with Gasteiger partial charge in [-0.1, -0.05) is 0 Å². The Bertz CT molecular complexity index is 423. The molecule has 0 atom stereocenters. The predicted molar refractivity (Wildman–Crippen MR) is 75.7 cm³/mol. The number of anilines is 2. The lowest BCUT2D eigenvalue weighted by Crippen LogP contribution is -2.22. The number of rotatable bonds is 8. The Morgan fingerprint density at radius 1 is 1.47 bits per heavy atom. The Labute approximate surface area is 114 Å². The van der Waals surface area contributed by atoms with Gasteiger partial charge in [0.05, 0.1) is 6.61 Å². The molecule has 0 saturated heterocycles. The van der Waals surface area contributed by atoms with Crippen molar-refractivity contribution in [1.29, 1.82) is 0 Å². The molecule has 0 radical (unpaired) electrons. The van der Waals surface area contributed by atoms with Crippen molar-refractivity contribution < 1.29 is 9.53 Å². The van der Waals surface area contributed by atoms with E-state index in [2.05, 4.69) is 15.3 Å². The van der Waals surface area contributed by atoms with Gasteiger partial charge in [0.2, 0.25) is 0 Å². The van der Waals surface area contributed by atoms with Gasteiger partial charge < -0.3 is 15.0 Å². The van der Waals surface area contributed by atoms with E-state index in [1.165, 1.54) is 0 Å². The molecular weight excluding hydrogens is 244 g/mol. The molecule has 0 fully saturated rings. The predicted octanol–water partition coefficient (Wildman–Crippen LogP) is 1.26. The molecule has 1 rings (SSSR count). The lowest BCUT2D eigenvalue weighted by atomic mass is 10.3. The van der Waals surface area contributed by atoms with Crippen LogP contribution in [-0.2, 0) is 9.53 Å². The SMILES string of the molecule is COCCNc1cc(N(C)CCC(C)=O)nc(C)n1. The molecule has 1 N–H and O–H groups in total. The Morgan fingerprint density at radius 2 is 2.21 bits per heavy atom. The maximum atomic E-state index is 11.0. The van der Waals surface area contributed by atoms with Crippen LogP contribution in [0.1, 0.15) is 19.2 Å². The highest BCUT2D eigenvalue weighted by Gasteiger charge is 2.07. The number of carbonyl (C=O) groups excluding carboxylic acids is 1. The molecule has 19 heavy (non-hydrogen) atoms. The van der Waals surface area contributed by atoms with Gasteiger partial charge >= 0.3 is 0 Å². The van der Waals surface area contributed by atoms with Crippen molar-refractivity contribution in [3.8, 4) is 0 Å². The standard InChI is InChI=1S/C13H22N4O2/c1-10(18)5-7-17(3)13-9-12(14-6-8-19-4)15-11(2)16-13/h9H,5-8H2,1-4H3,(H,14,15,16). The highest BCUT2D eigenvalue weighted by molar-refractivity contribution is 5.76. The van der Waals surface area contributed by atoms with Crippen LogP contribution in [0.15, 0.2) is 6.07 Å². The molecule has 1 heterocycles. The number of ketones is 1. The van der Waals surface area contributed by atoms with Gasteiger partial charge in [-0.25, -0.2) is 9.97 Å². The van der Waals surface area contributed by atoms with Crippen molar-refractivity contribution in [2.45, 2.75) is 20.3 Å². The molecule has 6 nitrogen and oxygen atoms in total. The van der Waals surface area contributed by atoms with Crippen molar-refractivity contribution in [2.24, 2.45) is 0 Å². The monoisotopic (exact) mass is 266 g/mol. The molecule has 0 aliphatic carbocycles. The van der Waals surface area contributed by atoms with E-state index in [1.807, 2.05) is 24.9 Å². The van der Waals surface area contributed by atoms with Gasteiger partial charge in [-0.15, -0.1) is 0 Å². The highest BCUT2D eigenvalue weighted by Crippen LogP contribution is 2.14. The third-order valence-electron chi connectivity index (χ3n) is 2.63. The number of hydrogen-bond acceptors (Lipinski definition) is 6. The minimum atomic E-state index is 0.177. The highest BCUT2D eigenvalue weighted by atomic mass is 16.5. The first-order chi connectivity index (χ1) is 9.02. The number of nitrogens with zero attached hydrogens (tertiary/aromatic N) is 3. The van der Waals surface area contributed by atoms with Gasteiger partial charge in [0.1, 0.15) is 23.2 Å². The molecule has 0 bridgehead atoms. The smallest absolute Gasteiger partial charge is 0.134 e. The van der Waals surface area contributed by atoms with Crippen LogP contribution < -0.4 is 10.2 Å². The second-order valence-corrected chi connectivity index (χ2v) is 4.45. The van der Waals surface area contributed by atoms with Crippen LogP contribution in [0, 0.1) is 6.92 Å². The number of aryl methyl sites for hydroxylation is 1. The Hall–Kier alpha value is -1.69. The molecule has 0 spiro atoms. The van der Waals surface area contributed by atoms with Crippen LogP contribution in [0.5, 0.6) is 0 Å². The van der Waals surface area contributed by atoms with E-state index >= 15 is 0 Å². The first kappa shape index (κ1) is 15.4. The van der Waals surface area contributed by atoms with Crippen LogP contribution >= 0.6 is 0 Å². The van der Waals surface area contributed by atoms with E-state index in [0.717, 1.165) is 11.6 Å². The topological polar surface area (TPSA) is 67.3 Å². The second kappa shape index (κ2) is 7.68. The fraction of sp³-hybridized carbons (Fsp3) is 0.615. The average molecular weight is 266 g/mol. The lowest BCUT2D eigenvalue weighted by molar-refractivity contribution is -0.116. The van der Waals surface area contributed by atoms with Crippen LogP contribution in [0.4, 0.5) is 11.6 Å². The number of nitrogens with one attached hydrogen (secondary N) is 1. The Balaban J connectivity index is 2.69. The molecule has 0 aromatic carbocycles. The maximum absolute atomic E-state index is 11.0. The normalized spacial score (nSPS) is 10.3. The number of methoxy groups -OCH3 is 1. The molecule has 0 saturated carbocycles. The van der Waals surface area contributed by atoms with Crippen LogP contribution in [0.25, 0.3) is 0 Å². The summed E-state index contributed by atoms with van der Waals surface area (Å²) in [4.78, 5) is 21.6. The van der Waals surface area contributed by atoms with Crippen molar-refractivity contribution in [3.05, 3.63) is 11.9 Å². The molecular formula is C13H22N4O2. The molecule has 0 aliphatic rings. The van der Waals surface area contributed by atoms with Crippen molar-refractivity contribution in [1.82, 2.24) is 9.97 Å². The largest absolute Gasteiger partial charge is 0.383 e. The summed E-state index contributed by atoms with van der Waals surface area (Å²) in [6.07, 6.45) is 0.520. The van der Waals surface area contributed by atoms with Crippen molar-refractivity contribution in [2.75, 3.05) is 44.1 Å². The number of ether oxygens (including phenoxy) is 1. The van der Waals surface area contributed by atoms with Crippen molar-refractivity contribution >= 4 is 17.4 Å². The number of carbonyl (C=O) groups is 1. The van der Waals surface area contributed by atoms with Gasteiger partial charge in [-0.05, 0) is 13.8 Å². The summed E-state index contributed by atoms with van der Waals surface area (Å²) in [5, 5.41) is 3.18. The summed E-state index contributed by atoms with van der Waals surface area (Å²) in [7, 11) is 3.58. The van der Waals surface area contributed by atoms with Crippen LogP contribution in [-0.4, -0.2) is 49.6 Å². The van der Waals surface area contributed by atoms with E-state index in [9.17, 15) is 4.79 Å². The number of hydrogen-bond donors (Lipinski definition) is 1.